The molecule has 0 bridgehead atoms. The van der Waals surface area contributed by atoms with E-state index < -0.39 is 5.97 Å². The lowest BCUT2D eigenvalue weighted by Crippen LogP contribution is -2.19. The van der Waals surface area contributed by atoms with E-state index >= 15 is 0 Å². The minimum absolute atomic E-state index is 0.115. The second-order valence-electron chi connectivity index (χ2n) is 3.87. The average molecular weight is 298 g/mol. The van der Waals surface area contributed by atoms with Gasteiger partial charge in [0.1, 0.15) is 0 Å². The summed E-state index contributed by atoms with van der Waals surface area (Å²) in [7, 11) is 1.95. The van der Waals surface area contributed by atoms with Crippen molar-refractivity contribution in [1.29, 1.82) is 0 Å². The third-order valence-electron chi connectivity index (χ3n) is 2.51. The minimum Gasteiger partial charge on any atom is -0.478 e. The lowest BCUT2D eigenvalue weighted by atomic mass is 10.0. The summed E-state index contributed by atoms with van der Waals surface area (Å²) in [5.41, 5.74) is 1.66. The Balaban J connectivity index is 3.21. The smallest absolute Gasteiger partial charge is 0.335 e. The third kappa shape index (κ3) is 3.33. The molecule has 1 aromatic carbocycles. The van der Waals surface area contributed by atoms with Gasteiger partial charge in [0.25, 0.3) is 0 Å². The predicted octanol–water partition coefficient (Wildman–Crippen LogP) is 3.39. The number of benzene rings is 1. The average Bonchev–Trinajstić information content (AvgIpc) is 2.28. The summed E-state index contributed by atoms with van der Waals surface area (Å²) in [5.74, 6) is -0.991. The van der Waals surface area contributed by atoms with Crippen LogP contribution in [0.25, 0.3) is 5.57 Å². The first-order valence-electron chi connectivity index (χ1n) is 5.40. The molecule has 17 heavy (non-hydrogen) atoms. The number of nitrogens with zero attached hydrogens (tertiary/aromatic N) is 1. The number of anilines is 1. The zero-order valence-corrected chi connectivity index (χ0v) is 11.6. The zero-order valence-electron chi connectivity index (χ0n) is 10.0. The van der Waals surface area contributed by atoms with Crippen LogP contribution in [0.4, 0.5) is 5.69 Å². The summed E-state index contributed by atoms with van der Waals surface area (Å²) in [4.78, 5) is 13.0. The van der Waals surface area contributed by atoms with Crippen LogP contribution in [0, 0.1) is 0 Å². The van der Waals surface area contributed by atoms with Crippen molar-refractivity contribution < 1.29 is 9.90 Å². The lowest BCUT2D eigenvalue weighted by Gasteiger charge is -2.22. The van der Waals surface area contributed by atoms with Crippen molar-refractivity contribution in [3.63, 3.8) is 0 Å². The van der Waals surface area contributed by atoms with Gasteiger partial charge >= 0.3 is 5.97 Å². The zero-order chi connectivity index (χ0) is 13.0. The fourth-order valence-corrected chi connectivity index (χ4v) is 2.01. The molecule has 0 atom stereocenters. The Kier molecular flexibility index (Phi) is 4.75. The van der Waals surface area contributed by atoms with Crippen molar-refractivity contribution in [2.75, 3.05) is 18.5 Å². The van der Waals surface area contributed by atoms with Crippen LogP contribution in [0.1, 0.15) is 18.9 Å². The van der Waals surface area contributed by atoms with Crippen LogP contribution in [-0.4, -0.2) is 24.7 Å². The third-order valence-corrected chi connectivity index (χ3v) is 3.01. The van der Waals surface area contributed by atoms with Gasteiger partial charge in [0.15, 0.2) is 0 Å². The normalized spacial score (nSPS) is 10.1. The van der Waals surface area contributed by atoms with Gasteiger partial charge in [-0.3, -0.25) is 0 Å². The van der Waals surface area contributed by atoms with Crippen LogP contribution >= 0.6 is 15.9 Å². The maximum Gasteiger partial charge on any atom is 0.335 e. The Hall–Kier alpha value is -1.29. The number of hydrogen-bond donors (Lipinski definition) is 1. The van der Waals surface area contributed by atoms with Crippen molar-refractivity contribution in [3.05, 3.63) is 34.8 Å². The molecule has 0 saturated carbocycles. The van der Waals surface area contributed by atoms with Gasteiger partial charge in [0.05, 0.1) is 5.57 Å². The fraction of sp³-hybridized carbons (Fsp3) is 0.308. The van der Waals surface area contributed by atoms with Gasteiger partial charge in [-0.25, -0.2) is 4.79 Å². The SMILES string of the molecule is C=C(C(=O)O)c1cc(Br)ccc1N(C)CCC. The molecule has 0 radical (unpaired) electrons. The van der Waals surface area contributed by atoms with E-state index in [1.54, 1.807) is 6.07 Å². The number of rotatable bonds is 5. The second-order valence-corrected chi connectivity index (χ2v) is 4.78. The van der Waals surface area contributed by atoms with Crippen LogP contribution in [0.5, 0.6) is 0 Å². The van der Waals surface area contributed by atoms with E-state index in [0.29, 0.717) is 5.56 Å². The summed E-state index contributed by atoms with van der Waals surface area (Å²) < 4.78 is 0.851. The molecule has 92 valence electrons. The van der Waals surface area contributed by atoms with Crippen LogP contribution in [-0.2, 0) is 4.79 Å². The van der Waals surface area contributed by atoms with E-state index in [2.05, 4.69) is 29.4 Å². The highest BCUT2D eigenvalue weighted by Crippen LogP contribution is 2.29. The van der Waals surface area contributed by atoms with Gasteiger partial charge in [0.2, 0.25) is 0 Å². The monoisotopic (exact) mass is 297 g/mol. The topological polar surface area (TPSA) is 40.5 Å². The highest BCUT2D eigenvalue weighted by Gasteiger charge is 2.14. The van der Waals surface area contributed by atoms with E-state index in [0.717, 1.165) is 23.1 Å². The number of halogens is 1. The van der Waals surface area contributed by atoms with Crippen molar-refractivity contribution in [1.82, 2.24) is 0 Å². The number of hydrogen-bond acceptors (Lipinski definition) is 2. The molecule has 0 saturated heterocycles. The van der Waals surface area contributed by atoms with E-state index in [9.17, 15) is 4.79 Å². The second kappa shape index (κ2) is 5.87. The Morgan fingerprint density at radius 2 is 2.18 bits per heavy atom. The summed E-state index contributed by atoms with van der Waals surface area (Å²) >= 11 is 3.35. The molecule has 0 aliphatic rings. The van der Waals surface area contributed by atoms with E-state index in [1.807, 2.05) is 24.1 Å². The van der Waals surface area contributed by atoms with Gasteiger partial charge in [-0.2, -0.15) is 0 Å². The number of carboxylic acids is 1. The molecule has 0 aliphatic carbocycles. The fourth-order valence-electron chi connectivity index (χ4n) is 1.65. The standard InChI is InChI=1S/C13H16BrNO2/c1-4-7-15(3)12-6-5-10(14)8-11(12)9(2)13(16)17/h5-6,8H,2,4,7H2,1,3H3,(H,16,17). The largest absolute Gasteiger partial charge is 0.478 e. The van der Waals surface area contributed by atoms with E-state index in [1.165, 1.54) is 0 Å². The summed E-state index contributed by atoms with van der Waals surface area (Å²) in [6.45, 7) is 6.58. The Morgan fingerprint density at radius 3 is 2.71 bits per heavy atom. The molecule has 0 heterocycles. The number of aliphatic carboxylic acids is 1. The molecule has 1 aromatic rings. The minimum atomic E-state index is -0.991. The molecule has 4 heteroatoms. The molecule has 0 spiro atoms. The Bertz CT molecular complexity index is 443. The van der Waals surface area contributed by atoms with Crippen LogP contribution < -0.4 is 4.90 Å². The molecular formula is C13H16BrNO2. The number of carbonyl (C=O) groups is 1. The maximum absolute atomic E-state index is 11.0. The molecule has 1 N–H and O–H groups in total. The van der Waals surface area contributed by atoms with Crippen LogP contribution in [0.2, 0.25) is 0 Å². The molecule has 3 nitrogen and oxygen atoms in total. The van der Waals surface area contributed by atoms with Crippen LogP contribution in [0.15, 0.2) is 29.3 Å². The van der Waals surface area contributed by atoms with Crippen molar-refractivity contribution in [2.45, 2.75) is 13.3 Å². The van der Waals surface area contributed by atoms with Crippen molar-refractivity contribution in [3.8, 4) is 0 Å². The van der Waals surface area contributed by atoms with Crippen molar-refractivity contribution >= 4 is 33.2 Å². The van der Waals surface area contributed by atoms with Gasteiger partial charge in [0, 0.05) is 29.3 Å². The molecule has 0 fully saturated rings. The molecular weight excluding hydrogens is 282 g/mol. The van der Waals surface area contributed by atoms with E-state index in [4.69, 9.17) is 5.11 Å². The molecule has 1 rings (SSSR count). The first-order valence-corrected chi connectivity index (χ1v) is 6.20. The predicted molar refractivity (Wildman–Crippen MR) is 74.4 cm³/mol. The summed E-state index contributed by atoms with van der Waals surface area (Å²) in [6, 6.07) is 5.60. The summed E-state index contributed by atoms with van der Waals surface area (Å²) in [5, 5.41) is 9.03. The molecule has 0 unspecified atom stereocenters. The number of carboxylic acid groups (broad SMARTS) is 1. The van der Waals surface area contributed by atoms with Crippen molar-refractivity contribution in [2.24, 2.45) is 0 Å². The molecule has 0 aromatic heterocycles. The molecule has 0 amide bonds. The maximum atomic E-state index is 11.0. The van der Waals surface area contributed by atoms with Gasteiger partial charge in [-0.1, -0.05) is 29.4 Å². The van der Waals surface area contributed by atoms with Gasteiger partial charge in [-0.05, 0) is 24.6 Å². The lowest BCUT2D eigenvalue weighted by molar-refractivity contribution is -0.130. The first kappa shape index (κ1) is 13.8. The van der Waals surface area contributed by atoms with Gasteiger partial charge in [-0.15, -0.1) is 0 Å². The Labute approximate surface area is 110 Å². The molecule has 0 aliphatic heterocycles. The quantitative estimate of drug-likeness (QED) is 0.847. The first-order chi connectivity index (χ1) is 7.97. The summed E-state index contributed by atoms with van der Waals surface area (Å²) in [6.07, 6.45) is 1.01. The highest BCUT2D eigenvalue weighted by molar-refractivity contribution is 9.10. The van der Waals surface area contributed by atoms with Gasteiger partial charge < -0.3 is 10.0 Å². The van der Waals surface area contributed by atoms with E-state index in [-0.39, 0.29) is 5.57 Å². The van der Waals surface area contributed by atoms with Crippen LogP contribution in [0.3, 0.4) is 0 Å². The Morgan fingerprint density at radius 1 is 1.53 bits per heavy atom. The highest BCUT2D eigenvalue weighted by atomic mass is 79.9.